The number of ether oxygens (including phenoxy) is 1. The number of benzene rings is 1. The maximum absolute atomic E-state index is 12.7. The molecule has 2 rings (SSSR count). The zero-order valence-corrected chi connectivity index (χ0v) is 9.43. The van der Waals surface area contributed by atoms with Gasteiger partial charge in [-0.2, -0.15) is 0 Å². The van der Waals surface area contributed by atoms with Gasteiger partial charge in [0.25, 0.3) is 0 Å². The van der Waals surface area contributed by atoms with Crippen molar-refractivity contribution in [2.75, 3.05) is 0 Å². The van der Waals surface area contributed by atoms with Crippen LogP contribution in [0.3, 0.4) is 0 Å². The lowest BCUT2D eigenvalue weighted by atomic mass is 10.0. The molecule has 17 heavy (non-hydrogen) atoms. The molecule has 1 saturated carbocycles. The van der Waals surface area contributed by atoms with Crippen LogP contribution in [0.5, 0.6) is 5.75 Å². The lowest BCUT2D eigenvalue weighted by Gasteiger charge is -2.19. The number of hydrogen-bond acceptors (Lipinski definition) is 2. The average Bonchev–Trinajstić information content (AvgIpc) is 2.68. The zero-order valence-electron chi connectivity index (χ0n) is 9.43. The smallest absolute Gasteiger partial charge is 0.303 e. The Morgan fingerprint density at radius 3 is 2.71 bits per heavy atom. The highest BCUT2D eigenvalue weighted by molar-refractivity contribution is 5.67. The maximum Gasteiger partial charge on any atom is 0.303 e. The van der Waals surface area contributed by atoms with E-state index < -0.39 is 5.97 Å². The number of aliphatic carboxylic acids is 1. The summed E-state index contributed by atoms with van der Waals surface area (Å²) in [4.78, 5) is 10.7. The van der Waals surface area contributed by atoms with Gasteiger partial charge in [-0.1, -0.05) is 0 Å². The first kappa shape index (κ1) is 11.9. The van der Waals surface area contributed by atoms with Gasteiger partial charge in [-0.05, 0) is 43.5 Å². The van der Waals surface area contributed by atoms with E-state index in [0.717, 1.165) is 19.3 Å². The summed E-state index contributed by atoms with van der Waals surface area (Å²) in [5, 5.41) is 8.79. The van der Waals surface area contributed by atoms with Crippen molar-refractivity contribution >= 4 is 5.97 Å². The molecule has 3 nitrogen and oxygen atoms in total. The molecule has 0 aromatic heterocycles. The number of halogens is 1. The highest BCUT2D eigenvalue weighted by Crippen LogP contribution is 2.32. The molecule has 0 amide bonds. The van der Waals surface area contributed by atoms with Crippen LogP contribution in [0.15, 0.2) is 24.3 Å². The molecule has 1 aliphatic rings. The fourth-order valence-electron chi connectivity index (χ4n) is 2.30. The lowest BCUT2D eigenvalue weighted by Crippen LogP contribution is -2.23. The monoisotopic (exact) mass is 238 g/mol. The van der Waals surface area contributed by atoms with Crippen LogP contribution in [-0.4, -0.2) is 17.2 Å². The van der Waals surface area contributed by atoms with Crippen LogP contribution in [0.4, 0.5) is 4.39 Å². The minimum atomic E-state index is -0.787. The standard InChI is InChI=1S/C13H15FO3/c14-10-4-6-11(7-5-10)17-12-3-1-2-9(12)8-13(15)16/h4-7,9,12H,1-3,8H2,(H,15,16). The highest BCUT2D eigenvalue weighted by atomic mass is 19.1. The molecule has 0 heterocycles. The van der Waals surface area contributed by atoms with E-state index in [2.05, 4.69) is 0 Å². The third kappa shape index (κ3) is 3.19. The Labute approximate surface area is 99.2 Å². The summed E-state index contributed by atoms with van der Waals surface area (Å²) in [6.45, 7) is 0. The van der Waals surface area contributed by atoms with Gasteiger partial charge >= 0.3 is 5.97 Å². The Morgan fingerprint density at radius 2 is 2.06 bits per heavy atom. The summed E-state index contributed by atoms with van der Waals surface area (Å²) in [6, 6.07) is 5.84. The number of carboxylic acids is 1. The molecule has 1 fully saturated rings. The molecule has 2 atom stereocenters. The molecule has 92 valence electrons. The average molecular weight is 238 g/mol. The number of carbonyl (C=O) groups is 1. The molecule has 1 aromatic carbocycles. The van der Waals surface area contributed by atoms with Crippen LogP contribution in [0, 0.1) is 11.7 Å². The molecule has 1 aliphatic carbocycles. The van der Waals surface area contributed by atoms with E-state index in [1.807, 2.05) is 0 Å². The van der Waals surface area contributed by atoms with Crippen LogP contribution >= 0.6 is 0 Å². The van der Waals surface area contributed by atoms with Crippen molar-refractivity contribution in [3.8, 4) is 5.75 Å². The van der Waals surface area contributed by atoms with E-state index in [-0.39, 0.29) is 24.3 Å². The van der Waals surface area contributed by atoms with Gasteiger partial charge in [-0.3, -0.25) is 4.79 Å². The van der Waals surface area contributed by atoms with Crippen molar-refractivity contribution in [2.45, 2.75) is 31.8 Å². The largest absolute Gasteiger partial charge is 0.490 e. The summed E-state index contributed by atoms with van der Waals surface area (Å²) in [6.07, 6.45) is 2.83. The molecule has 4 heteroatoms. The highest BCUT2D eigenvalue weighted by Gasteiger charge is 2.30. The van der Waals surface area contributed by atoms with Gasteiger partial charge in [0.15, 0.2) is 0 Å². The van der Waals surface area contributed by atoms with E-state index >= 15 is 0 Å². The van der Waals surface area contributed by atoms with Gasteiger partial charge in [0.05, 0.1) is 6.42 Å². The van der Waals surface area contributed by atoms with Crippen LogP contribution in [0.1, 0.15) is 25.7 Å². The third-order valence-electron chi connectivity index (χ3n) is 3.13. The fraction of sp³-hybridized carbons (Fsp3) is 0.462. The normalized spacial score (nSPS) is 23.6. The number of hydrogen-bond donors (Lipinski definition) is 1. The van der Waals surface area contributed by atoms with Crippen molar-refractivity contribution in [1.82, 2.24) is 0 Å². The predicted molar refractivity (Wildman–Crippen MR) is 60.4 cm³/mol. The number of carboxylic acid groups (broad SMARTS) is 1. The van der Waals surface area contributed by atoms with Gasteiger partial charge in [0.2, 0.25) is 0 Å². The Kier molecular flexibility index (Phi) is 3.61. The molecule has 0 aliphatic heterocycles. The second-order valence-electron chi connectivity index (χ2n) is 4.40. The first-order chi connectivity index (χ1) is 8.15. The van der Waals surface area contributed by atoms with Crippen molar-refractivity contribution in [2.24, 2.45) is 5.92 Å². The van der Waals surface area contributed by atoms with Gasteiger partial charge in [-0.25, -0.2) is 4.39 Å². The SMILES string of the molecule is O=C(O)CC1CCCC1Oc1ccc(F)cc1. The predicted octanol–water partition coefficient (Wildman–Crippen LogP) is 2.85. The number of rotatable bonds is 4. The zero-order chi connectivity index (χ0) is 12.3. The molecule has 2 unspecified atom stereocenters. The molecule has 0 radical (unpaired) electrons. The quantitative estimate of drug-likeness (QED) is 0.877. The lowest BCUT2D eigenvalue weighted by molar-refractivity contribution is -0.138. The minimum absolute atomic E-state index is 0.0587. The second kappa shape index (κ2) is 5.17. The molecule has 0 bridgehead atoms. The van der Waals surface area contributed by atoms with Gasteiger partial charge < -0.3 is 9.84 Å². The van der Waals surface area contributed by atoms with E-state index in [0.29, 0.717) is 5.75 Å². The summed E-state index contributed by atoms with van der Waals surface area (Å²) >= 11 is 0. The topological polar surface area (TPSA) is 46.5 Å². The fourth-order valence-corrected chi connectivity index (χ4v) is 2.30. The van der Waals surface area contributed by atoms with Crippen molar-refractivity contribution in [3.05, 3.63) is 30.1 Å². The molecule has 1 aromatic rings. The van der Waals surface area contributed by atoms with E-state index in [9.17, 15) is 9.18 Å². The first-order valence-electron chi connectivity index (χ1n) is 5.79. The van der Waals surface area contributed by atoms with Crippen molar-refractivity contribution in [3.63, 3.8) is 0 Å². The molecule has 0 saturated heterocycles. The van der Waals surface area contributed by atoms with Crippen LogP contribution < -0.4 is 4.74 Å². The van der Waals surface area contributed by atoms with Crippen LogP contribution in [-0.2, 0) is 4.79 Å². The first-order valence-corrected chi connectivity index (χ1v) is 5.79. The summed E-state index contributed by atoms with van der Waals surface area (Å²) < 4.78 is 18.4. The molecular formula is C13H15FO3. The Morgan fingerprint density at radius 1 is 1.35 bits per heavy atom. The van der Waals surface area contributed by atoms with Crippen LogP contribution in [0.2, 0.25) is 0 Å². The molecular weight excluding hydrogens is 223 g/mol. The van der Waals surface area contributed by atoms with Crippen molar-refractivity contribution < 1.29 is 19.0 Å². The van der Waals surface area contributed by atoms with Crippen LogP contribution in [0.25, 0.3) is 0 Å². The Bertz CT molecular complexity index is 388. The second-order valence-corrected chi connectivity index (χ2v) is 4.40. The van der Waals surface area contributed by atoms with Gasteiger partial charge in [0.1, 0.15) is 17.7 Å². The molecule has 1 N–H and O–H groups in total. The van der Waals surface area contributed by atoms with Crippen molar-refractivity contribution in [1.29, 1.82) is 0 Å². The summed E-state index contributed by atoms with van der Waals surface area (Å²) in [7, 11) is 0. The van der Waals surface area contributed by atoms with E-state index in [4.69, 9.17) is 9.84 Å². The Hall–Kier alpha value is -1.58. The third-order valence-corrected chi connectivity index (χ3v) is 3.13. The maximum atomic E-state index is 12.7. The van der Waals surface area contributed by atoms with E-state index in [1.54, 1.807) is 12.1 Å². The minimum Gasteiger partial charge on any atom is -0.490 e. The molecule has 0 spiro atoms. The van der Waals surface area contributed by atoms with Gasteiger partial charge in [0, 0.05) is 5.92 Å². The van der Waals surface area contributed by atoms with Gasteiger partial charge in [-0.15, -0.1) is 0 Å². The Balaban J connectivity index is 1.97. The summed E-state index contributed by atoms with van der Waals surface area (Å²) in [5.74, 6) is -0.415. The van der Waals surface area contributed by atoms with E-state index in [1.165, 1.54) is 12.1 Å². The summed E-state index contributed by atoms with van der Waals surface area (Å²) in [5.41, 5.74) is 0.